The van der Waals surface area contributed by atoms with Gasteiger partial charge in [0.1, 0.15) is 10.7 Å². The molecule has 0 aliphatic rings. The number of thiazole rings is 1. The zero-order valence-corrected chi connectivity index (χ0v) is 13.4. The summed E-state index contributed by atoms with van der Waals surface area (Å²) in [4.78, 5) is 17.3. The van der Waals surface area contributed by atoms with E-state index in [1.165, 1.54) is 0 Å². The van der Waals surface area contributed by atoms with Crippen LogP contribution in [0.4, 0.5) is 11.6 Å². The van der Waals surface area contributed by atoms with Gasteiger partial charge in [0.2, 0.25) is 5.95 Å². The second-order valence-electron chi connectivity index (χ2n) is 5.05. The van der Waals surface area contributed by atoms with Gasteiger partial charge in [0.15, 0.2) is 0 Å². The Morgan fingerprint density at radius 2 is 1.83 bits per heavy atom. The molecule has 24 heavy (non-hydrogen) atoms. The molecule has 1 aromatic carbocycles. The summed E-state index contributed by atoms with van der Waals surface area (Å²) in [5.41, 5.74) is 3.89. The highest BCUT2D eigenvalue weighted by atomic mass is 32.1. The number of nitrogens with one attached hydrogen (secondary N) is 1. The fourth-order valence-corrected chi connectivity index (χ4v) is 2.93. The average molecular weight is 331 g/mol. The van der Waals surface area contributed by atoms with E-state index in [4.69, 9.17) is 0 Å². The summed E-state index contributed by atoms with van der Waals surface area (Å²) in [6, 6.07) is 13.9. The molecule has 0 saturated heterocycles. The molecule has 4 aromatic rings. The fourth-order valence-electron chi connectivity index (χ4n) is 2.33. The summed E-state index contributed by atoms with van der Waals surface area (Å²) in [6.45, 7) is 0. The number of pyridine rings is 1. The largest absolute Gasteiger partial charge is 0.324 e. The summed E-state index contributed by atoms with van der Waals surface area (Å²) in [7, 11) is 0. The van der Waals surface area contributed by atoms with Crippen LogP contribution in [0, 0.1) is 0 Å². The van der Waals surface area contributed by atoms with Crippen molar-refractivity contribution in [1.82, 2.24) is 19.9 Å². The van der Waals surface area contributed by atoms with Gasteiger partial charge in [0.25, 0.3) is 0 Å². The molecule has 0 atom stereocenters. The van der Waals surface area contributed by atoms with Crippen LogP contribution in [-0.4, -0.2) is 19.9 Å². The Balaban J connectivity index is 1.61. The van der Waals surface area contributed by atoms with Crippen molar-refractivity contribution in [2.24, 2.45) is 0 Å². The van der Waals surface area contributed by atoms with Crippen LogP contribution in [0.2, 0.25) is 0 Å². The zero-order valence-electron chi connectivity index (χ0n) is 12.6. The Hall–Kier alpha value is -3.12. The van der Waals surface area contributed by atoms with E-state index in [-0.39, 0.29) is 0 Å². The monoisotopic (exact) mass is 331 g/mol. The Morgan fingerprint density at radius 1 is 0.875 bits per heavy atom. The SMILES string of the molecule is c1cncc(-c2cccc(Nc3nccc(-c4nccs4)n3)c2)c1. The third kappa shape index (κ3) is 3.13. The molecule has 0 radical (unpaired) electrons. The predicted molar refractivity (Wildman–Crippen MR) is 96.1 cm³/mol. The van der Waals surface area contributed by atoms with Gasteiger partial charge < -0.3 is 5.32 Å². The number of hydrogen-bond donors (Lipinski definition) is 1. The zero-order chi connectivity index (χ0) is 16.2. The van der Waals surface area contributed by atoms with Gasteiger partial charge in [0, 0.05) is 41.4 Å². The van der Waals surface area contributed by atoms with E-state index in [0.717, 1.165) is 27.5 Å². The predicted octanol–water partition coefficient (Wildman–Crippen LogP) is 4.41. The van der Waals surface area contributed by atoms with Crippen LogP contribution in [0.5, 0.6) is 0 Å². The lowest BCUT2D eigenvalue weighted by molar-refractivity contribution is 1.16. The van der Waals surface area contributed by atoms with Crippen molar-refractivity contribution in [1.29, 1.82) is 0 Å². The molecule has 6 heteroatoms. The second kappa shape index (κ2) is 6.55. The van der Waals surface area contributed by atoms with Gasteiger partial charge in [-0.05, 0) is 29.8 Å². The van der Waals surface area contributed by atoms with E-state index in [9.17, 15) is 0 Å². The number of benzene rings is 1. The van der Waals surface area contributed by atoms with Crippen molar-refractivity contribution < 1.29 is 0 Å². The maximum Gasteiger partial charge on any atom is 0.227 e. The summed E-state index contributed by atoms with van der Waals surface area (Å²) in [6.07, 6.45) is 7.12. The molecule has 0 bridgehead atoms. The van der Waals surface area contributed by atoms with Gasteiger partial charge in [-0.1, -0.05) is 18.2 Å². The number of aromatic nitrogens is 4. The average Bonchev–Trinajstić information content (AvgIpc) is 3.18. The van der Waals surface area contributed by atoms with E-state index < -0.39 is 0 Å². The Bertz CT molecular complexity index is 939. The number of nitrogens with zero attached hydrogens (tertiary/aromatic N) is 4. The molecule has 0 saturated carbocycles. The van der Waals surface area contributed by atoms with Crippen molar-refractivity contribution in [3.8, 4) is 21.8 Å². The lowest BCUT2D eigenvalue weighted by Gasteiger charge is -2.08. The molecule has 0 amide bonds. The Kier molecular flexibility index (Phi) is 3.95. The molecule has 0 unspecified atom stereocenters. The van der Waals surface area contributed by atoms with Crippen molar-refractivity contribution in [3.63, 3.8) is 0 Å². The minimum absolute atomic E-state index is 0.547. The van der Waals surface area contributed by atoms with Crippen LogP contribution in [0.15, 0.2) is 72.6 Å². The maximum absolute atomic E-state index is 4.53. The lowest BCUT2D eigenvalue weighted by atomic mass is 10.1. The number of rotatable bonds is 4. The lowest BCUT2D eigenvalue weighted by Crippen LogP contribution is -1.98. The molecule has 3 aromatic heterocycles. The van der Waals surface area contributed by atoms with E-state index in [1.807, 2.05) is 41.9 Å². The van der Waals surface area contributed by atoms with Gasteiger partial charge in [0.05, 0.1) is 0 Å². The van der Waals surface area contributed by atoms with Crippen LogP contribution in [0.25, 0.3) is 21.8 Å². The summed E-state index contributed by atoms with van der Waals surface area (Å²) in [5.74, 6) is 0.547. The summed E-state index contributed by atoms with van der Waals surface area (Å²) < 4.78 is 0. The fraction of sp³-hybridized carbons (Fsp3) is 0. The third-order valence-corrected chi connectivity index (χ3v) is 4.22. The molecule has 0 aliphatic carbocycles. The first-order valence-electron chi connectivity index (χ1n) is 7.39. The van der Waals surface area contributed by atoms with Gasteiger partial charge in [-0.15, -0.1) is 11.3 Å². The molecule has 4 rings (SSSR count). The minimum Gasteiger partial charge on any atom is -0.324 e. The molecule has 0 fully saturated rings. The van der Waals surface area contributed by atoms with Crippen molar-refractivity contribution in [2.75, 3.05) is 5.32 Å². The second-order valence-corrected chi connectivity index (χ2v) is 5.94. The maximum atomic E-state index is 4.53. The molecule has 1 N–H and O–H groups in total. The van der Waals surface area contributed by atoms with E-state index in [1.54, 1.807) is 29.9 Å². The molecular weight excluding hydrogens is 318 g/mol. The van der Waals surface area contributed by atoms with Crippen LogP contribution in [-0.2, 0) is 0 Å². The minimum atomic E-state index is 0.547. The molecular formula is C18H13N5S. The first-order chi connectivity index (χ1) is 11.9. The van der Waals surface area contributed by atoms with Crippen LogP contribution < -0.4 is 5.32 Å². The summed E-state index contributed by atoms with van der Waals surface area (Å²) in [5, 5.41) is 6.06. The third-order valence-electron chi connectivity index (χ3n) is 3.42. The topological polar surface area (TPSA) is 63.6 Å². The van der Waals surface area contributed by atoms with Crippen molar-refractivity contribution in [2.45, 2.75) is 0 Å². The van der Waals surface area contributed by atoms with E-state index >= 15 is 0 Å². The first kappa shape index (κ1) is 14.5. The quantitative estimate of drug-likeness (QED) is 0.600. The summed E-state index contributed by atoms with van der Waals surface area (Å²) >= 11 is 1.55. The molecule has 0 aliphatic heterocycles. The van der Waals surface area contributed by atoms with Crippen LogP contribution >= 0.6 is 11.3 Å². The molecule has 5 nitrogen and oxygen atoms in total. The highest BCUT2D eigenvalue weighted by Crippen LogP contribution is 2.24. The van der Waals surface area contributed by atoms with E-state index in [0.29, 0.717) is 5.95 Å². The van der Waals surface area contributed by atoms with Crippen molar-refractivity contribution in [3.05, 3.63) is 72.6 Å². The van der Waals surface area contributed by atoms with Crippen molar-refractivity contribution >= 4 is 23.0 Å². The van der Waals surface area contributed by atoms with E-state index in [2.05, 4.69) is 37.4 Å². The first-order valence-corrected chi connectivity index (χ1v) is 8.27. The van der Waals surface area contributed by atoms with Gasteiger partial charge >= 0.3 is 0 Å². The molecule has 116 valence electrons. The molecule has 0 spiro atoms. The Labute approximate surface area is 143 Å². The van der Waals surface area contributed by atoms with Crippen LogP contribution in [0.3, 0.4) is 0 Å². The Morgan fingerprint density at radius 3 is 2.67 bits per heavy atom. The van der Waals surface area contributed by atoms with Gasteiger partial charge in [-0.2, -0.15) is 0 Å². The van der Waals surface area contributed by atoms with Crippen LogP contribution in [0.1, 0.15) is 0 Å². The smallest absolute Gasteiger partial charge is 0.227 e. The highest BCUT2D eigenvalue weighted by Gasteiger charge is 2.05. The number of hydrogen-bond acceptors (Lipinski definition) is 6. The van der Waals surface area contributed by atoms with Gasteiger partial charge in [-0.3, -0.25) is 4.98 Å². The highest BCUT2D eigenvalue weighted by molar-refractivity contribution is 7.13. The standard InChI is InChI=1S/C18H13N5S/c1-3-13(14-4-2-7-19-12-14)11-15(5-1)22-18-21-8-6-16(23-18)17-20-9-10-24-17/h1-12H,(H,21,22,23). The molecule has 3 heterocycles. The van der Waals surface area contributed by atoms with Gasteiger partial charge in [-0.25, -0.2) is 15.0 Å². The normalized spacial score (nSPS) is 10.5. The number of anilines is 2.